The van der Waals surface area contributed by atoms with E-state index in [1.54, 1.807) is 19.9 Å². The van der Waals surface area contributed by atoms with Crippen molar-refractivity contribution in [2.75, 3.05) is 5.32 Å². The molecule has 0 unspecified atom stereocenters. The van der Waals surface area contributed by atoms with Gasteiger partial charge in [-0.25, -0.2) is 19.5 Å². The predicted molar refractivity (Wildman–Crippen MR) is 103 cm³/mol. The summed E-state index contributed by atoms with van der Waals surface area (Å²) in [4.78, 5) is 25.1. The van der Waals surface area contributed by atoms with E-state index in [0.29, 0.717) is 17.0 Å². The maximum atomic E-state index is 13.4. The fourth-order valence-corrected chi connectivity index (χ4v) is 3.07. The van der Waals surface area contributed by atoms with Crippen LogP contribution in [0.1, 0.15) is 27.4 Å². The number of alkyl halides is 3. The molecule has 0 saturated carbocycles. The summed E-state index contributed by atoms with van der Waals surface area (Å²) in [6.45, 7) is 3.54. The Morgan fingerprint density at radius 3 is 2.43 bits per heavy atom. The van der Waals surface area contributed by atoms with Crippen LogP contribution in [-0.4, -0.2) is 30.5 Å². The number of aryl methyl sites for hydroxylation is 2. The largest absolute Gasteiger partial charge is 0.417 e. The molecule has 0 aliphatic heterocycles. The second kappa shape index (κ2) is 7.21. The van der Waals surface area contributed by atoms with Crippen molar-refractivity contribution in [3.05, 3.63) is 71.3 Å². The average Bonchev–Trinajstić information content (AvgIpc) is 3.10. The molecule has 1 aromatic carbocycles. The molecule has 7 nitrogen and oxygen atoms in total. The van der Waals surface area contributed by atoms with Crippen LogP contribution in [0, 0.1) is 13.8 Å². The lowest BCUT2D eigenvalue weighted by atomic mass is 10.0. The third-order valence-corrected chi connectivity index (χ3v) is 4.31. The van der Waals surface area contributed by atoms with Gasteiger partial charge in [0.2, 0.25) is 5.95 Å². The molecular formula is C20H15F3N6O. The topological polar surface area (TPSA) is 85.1 Å². The molecule has 0 atom stereocenters. The molecule has 152 valence electrons. The van der Waals surface area contributed by atoms with Crippen molar-refractivity contribution in [3.8, 4) is 11.3 Å². The fourth-order valence-electron chi connectivity index (χ4n) is 3.07. The van der Waals surface area contributed by atoms with Gasteiger partial charge in [0.25, 0.3) is 5.91 Å². The van der Waals surface area contributed by atoms with E-state index in [-0.39, 0.29) is 22.9 Å². The van der Waals surface area contributed by atoms with Crippen LogP contribution in [0.2, 0.25) is 0 Å². The summed E-state index contributed by atoms with van der Waals surface area (Å²) >= 11 is 0. The minimum Gasteiger partial charge on any atom is -0.289 e. The molecule has 0 aliphatic rings. The van der Waals surface area contributed by atoms with Crippen LogP contribution in [0.25, 0.3) is 16.9 Å². The number of anilines is 1. The summed E-state index contributed by atoms with van der Waals surface area (Å²) in [5.41, 5.74) is 0.871. The molecule has 4 aromatic rings. The summed E-state index contributed by atoms with van der Waals surface area (Å²) in [7, 11) is 0. The molecule has 0 saturated heterocycles. The number of nitrogens with one attached hydrogen (secondary N) is 1. The van der Waals surface area contributed by atoms with Gasteiger partial charge < -0.3 is 0 Å². The van der Waals surface area contributed by atoms with Crippen LogP contribution in [0.3, 0.4) is 0 Å². The number of amides is 1. The lowest BCUT2D eigenvalue weighted by Gasteiger charge is -2.12. The second-order valence-corrected chi connectivity index (χ2v) is 6.60. The highest BCUT2D eigenvalue weighted by Crippen LogP contribution is 2.36. The van der Waals surface area contributed by atoms with Gasteiger partial charge in [0.05, 0.1) is 17.5 Å². The van der Waals surface area contributed by atoms with E-state index < -0.39 is 17.6 Å². The standard InChI is InChI=1S/C20H15F3N6O/c1-11-9-12(2)26-19(25-11)27-18(30)16-10-24-17-8-7-15(28-29(16)17)13-5-3-4-6-14(13)20(21,22)23/h3-10H,1-2H3,(H,25,26,27,30). The Hall–Kier alpha value is -3.82. The van der Waals surface area contributed by atoms with Crippen molar-refractivity contribution in [1.29, 1.82) is 0 Å². The van der Waals surface area contributed by atoms with Crippen LogP contribution in [-0.2, 0) is 6.18 Å². The Labute approximate surface area is 168 Å². The fraction of sp³-hybridized carbons (Fsp3) is 0.150. The molecule has 10 heteroatoms. The first-order valence-electron chi connectivity index (χ1n) is 8.87. The van der Waals surface area contributed by atoms with E-state index in [1.807, 2.05) is 0 Å². The molecule has 0 fully saturated rings. The lowest BCUT2D eigenvalue weighted by Crippen LogP contribution is -2.18. The number of aromatic nitrogens is 5. The molecule has 0 aliphatic carbocycles. The Balaban J connectivity index is 1.75. The molecular weight excluding hydrogens is 397 g/mol. The molecule has 4 rings (SSSR count). The van der Waals surface area contributed by atoms with Gasteiger partial charge in [-0.15, -0.1) is 0 Å². The minimum absolute atomic E-state index is 0.0408. The first kappa shape index (κ1) is 19.5. The zero-order valence-corrected chi connectivity index (χ0v) is 15.9. The van der Waals surface area contributed by atoms with Gasteiger partial charge in [-0.1, -0.05) is 18.2 Å². The third-order valence-electron chi connectivity index (χ3n) is 4.31. The molecule has 1 N–H and O–H groups in total. The number of halogens is 3. The van der Waals surface area contributed by atoms with Gasteiger partial charge in [-0.05, 0) is 38.1 Å². The van der Waals surface area contributed by atoms with Crippen LogP contribution < -0.4 is 5.32 Å². The van der Waals surface area contributed by atoms with Crippen LogP contribution in [0.5, 0.6) is 0 Å². The van der Waals surface area contributed by atoms with E-state index in [2.05, 4.69) is 25.4 Å². The molecule has 3 aromatic heterocycles. The summed E-state index contributed by atoms with van der Waals surface area (Å²) in [6, 6.07) is 9.81. The Morgan fingerprint density at radius 1 is 1.03 bits per heavy atom. The van der Waals surface area contributed by atoms with E-state index >= 15 is 0 Å². The zero-order valence-electron chi connectivity index (χ0n) is 15.9. The number of hydrogen-bond acceptors (Lipinski definition) is 5. The first-order chi connectivity index (χ1) is 14.2. The summed E-state index contributed by atoms with van der Waals surface area (Å²) < 4.78 is 41.3. The number of nitrogens with zero attached hydrogens (tertiary/aromatic N) is 5. The number of benzene rings is 1. The van der Waals surface area contributed by atoms with Gasteiger partial charge in [0, 0.05) is 17.0 Å². The van der Waals surface area contributed by atoms with Gasteiger partial charge >= 0.3 is 6.18 Å². The second-order valence-electron chi connectivity index (χ2n) is 6.60. The summed E-state index contributed by atoms with van der Waals surface area (Å²) in [5, 5.41) is 6.80. The van der Waals surface area contributed by atoms with Crippen LogP contribution in [0.15, 0.2) is 48.7 Å². The number of hydrogen-bond donors (Lipinski definition) is 1. The van der Waals surface area contributed by atoms with Crippen molar-refractivity contribution < 1.29 is 18.0 Å². The normalized spacial score (nSPS) is 11.6. The highest BCUT2D eigenvalue weighted by Gasteiger charge is 2.33. The monoisotopic (exact) mass is 412 g/mol. The Morgan fingerprint density at radius 2 is 1.73 bits per heavy atom. The lowest BCUT2D eigenvalue weighted by molar-refractivity contribution is -0.137. The smallest absolute Gasteiger partial charge is 0.289 e. The summed E-state index contributed by atoms with van der Waals surface area (Å²) in [5.74, 6) is -0.465. The van der Waals surface area contributed by atoms with Crippen molar-refractivity contribution >= 4 is 17.5 Å². The van der Waals surface area contributed by atoms with Gasteiger partial charge in [-0.3, -0.25) is 10.1 Å². The maximum Gasteiger partial charge on any atom is 0.417 e. The molecule has 30 heavy (non-hydrogen) atoms. The zero-order chi connectivity index (χ0) is 21.5. The first-order valence-corrected chi connectivity index (χ1v) is 8.87. The highest BCUT2D eigenvalue weighted by molar-refractivity contribution is 6.02. The Bertz CT molecular complexity index is 1240. The van der Waals surface area contributed by atoms with Gasteiger partial charge in [0.15, 0.2) is 11.3 Å². The number of imidazole rings is 1. The highest BCUT2D eigenvalue weighted by atomic mass is 19.4. The molecule has 0 radical (unpaired) electrons. The quantitative estimate of drug-likeness (QED) is 0.548. The minimum atomic E-state index is -4.54. The van der Waals surface area contributed by atoms with E-state index in [0.717, 1.165) is 6.07 Å². The van der Waals surface area contributed by atoms with Crippen molar-refractivity contribution in [2.24, 2.45) is 0 Å². The van der Waals surface area contributed by atoms with Crippen LogP contribution >= 0.6 is 0 Å². The number of carbonyl (C=O) groups excluding carboxylic acids is 1. The molecule has 0 bridgehead atoms. The van der Waals surface area contributed by atoms with E-state index in [4.69, 9.17) is 0 Å². The predicted octanol–water partition coefficient (Wildman–Crippen LogP) is 4.07. The van der Waals surface area contributed by atoms with Crippen molar-refractivity contribution in [1.82, 2.24) is 24.6 Å². The summed E-state index contributed by atoms with van der Waals surface area (Å²) in [6.07, 6.45) is -3.25. The third kappa shape index (κ3) is 3.71. The average molecular weight is 412 g/mol. The van der Waals surface area contributed by atoms with Crippen molar-refractivity contribution in [3.63, 3.8) is 0 Å². The number of rotatable bonds is 3. The van der Waals surface area contributed by atoms with Crippen molar-refractivity contribution in [2.45, 2.75) is 20.0 Å². The Kier molecular flexibility index (Phi) is 4.69. The van der Waals surface area contributed by atoms with E-state index in [9.17, 15) is 18.0 Å². The maximum absolute atomic E-state index is 13.4. The number of fused-ring (bicyclic) bond motifs is 1. The van der Waals surface area contributed by atoms with E-state index in [1.165, 1.54) is 41.0 Å². The molecule has 1 amide bonds. The van der Waals surface area contributed by atoms with Gasteiger partial charge in [0.1, 0.15) is 0 Å². The van der Waals surface area contributed by atoms with Gasteiger partial charge in [-0.2, -0.15) is 18.3 Å². The number of carbonyl (C=O) groups is 1. The molecule has 0 spiro atoms. The molecule has 3 heterocycles. The van der Waals surface area contributed by atoms with Crippen LogP contribution in [0.4, 0.5) is 19.1 Å². The SMILES string of the molecule is Cc1cc(C)nc(NC(=O)c2cnc3ccc(-c4ccccc4C(F)(F)F)nn23)n1.